The van der Waals surface area contributed by atoms with Gasteiger partial charge in [0.15, 0.2) is 0 Å². The first-order chi connectivity index (χ1) is 20.7. The van der Waals surface area contributed by atoms with Gasteiger partial charge in [0.05, 0.1) is 23.1 Å². The van der Waals surface area contributed by atoms with Gasteiger partial charge in [-0.25, -0.2) is 18.6 Å². The summed E-state index contributed by atoms with van der Waals surface area (Å²) in [5, 5.41) is 32.4. The Morgan fingerprint density at radius 3 is 2.00 bits per heavy atom. The molecule has 1 aliphatic rings. The molecule has 0 heterocycles. The normalized spacial score (nSPS) is 11.8. The van der Waals surface area contributed by atoms with Crippen molar-refractivity contribution in [3.63, 3.8) is 0 Å². The van der Waals surface area contributed by atoms with Gasteiger partial charge in [-0.2, -0.15) is 14.7 Å². The summed E-state index contributed by atoms with van der Waals surface area (Å²) in [5.41, 5.74) is 3.64. The fraction of sp³-hybridized carbons (Fsp3) is 0. The molecule has 22 heteroatoms. The molecule has 0 unspecified atom stereocenters. The minimum Gasteiger partial charge on any atom is -0.745 e. The summed E-state index contributed by atoms with van der Waals surface area (Å²) in [6.07, 6.45) is 6.77. The molecule has 0 saturated heterocycles. The minimum atomic E-state index is -4.88. The Kier molecular flexibility index (Phi) is 26.4. The maximum Gasteiger partial charge on any atom is 1.00 e. The fourth-order valence-corrected chi connectivity index (χ4v) is 3.85. The quantitative estimate of drug-likeness (QED) is 0.0572. The number of carbonyl (C=O) groups excluding carboxylic acids is 4. The van der Waals surface area contributed by atoms with Crippen LogP contribution in [-0.4, -0.2) is 54.3 Å². The Morgan fingerprint density at radius 2 is 1.50 bits per heavy atom. The topological polar surface area (TPSA) is 269 Å². The van der Waals surface area contributed by atoms with Gasteiger partial charge >= 0.3 is 135 Å². The maximum atomic E-state index is 12.0. The first-order valence-electron chi connectivity index (χ1n) is 11.2. The number of azo groups is 1. The number of aromatic hydroxyl groups is 1. The van der Waals surface area contributed by atoms with E-state index < -0.39 is 42.9 Å². The molecule has 48 heavy (non-hydrogen) atoms. The van der Waals surface area contributed by atoms with E-state index in [-0.39, 0.29) is 147 Å². The van der Waals surface area contributed by atoms with Crippen molar-refractivity contribution in [2.45, 2.75) is 4.90 Å². The molecule has 0 amide bonds. The molecular formula is C26H14N4Na4O12S2. The number of carbonyl (C=O) groups is 2. The van der Waals surface area contributed by atoms with Crippen LogP contribution in [0, 0.1) is 12.1 Å². The minimum absolute atomic E-state index is 0. The standard InChI is InChI=1S/C25H16N4O7S.CO2.4Na.O3S/c30-20-9-5-17(6-10-20)27-29-19-7-11-21(24(14-19)37(34,35)36)15-1-3-16(4-2-15)26-28-18-8-12-23(31)22(13-18)25(32)33;2-1-3;;;;;1-4(2)3/h1,3-9,11-14,29,31H,(H,32,33)(H,34,35,36);;;;;;/q-2;;4*+1;/p-2. The van der Waals surface area contributed by atoms with Crippen molar-refractivity contribution in [1.29, 1.82) is 0 Å². The van der Waals surface area contributed by atoms with Gasteiger partial charge in [0.2, 0.25) is 0 Å². The van der Waals surface area contributed by atoms with E-state index in [1.165, 1.54) is 54.6 Å². The molecule has 0 bridgehead atoms. The van der Waals surface area contributed by atoms with E-state index in [4.69, 9.17) is 22.2 Å². The second-order valence-corrected chi connectivity index (χ2v) is 9.49. The number of hydrogen-bond acceptors (Lipinski definition) is 16. The van der Waals surface area contributed by atoms with Gasteiger partial charge < -0.3 is 24.4 Å². The summed E-state index contributed by atoms with van der Waals surface area (Å²) in [6.45, 7) is 0. The van der Waals surface area contributed by atoms with Crippen molar-refractivity contribution < 1.29 is 173 Å². The SMILES string of the molecule is O=C1[C-]=CC(=NNc2ccc(-c3[c-]cc(N=Nc4ccc(O)c(C(=O)[O-])c4)cc3)c(S(=O)(=O)[O-])c2)C=C1.O=C=O.O=S(=O)=O.[Na+].[Na+].[Na+].[Na+]. The van der Waals surface area contributed by atoms with Gasteiger partial charge in [-0.1, -0.05) is 11.6 Å². The van der Waals surface area contributed by atoms with Crippen molar-refractivity contribution >= 4 is 61.4 Å². The number of hydrogen-bond donors (Lipinski definition) is 2. The van der Waals surface area contributed by atoms with Crippen LogP contribution in [0.2, 0.25) is 0 Å². The average molecular weight is 731 g/mol. The predicted octanol–water partition coefficient (Wildman–Crippen LogP) is -10.8. The van der Waals surface area contributed by atoms with Crippen LogP contribution in [0.5, 0.6) is 5.75 Å². The molecule has 0 radical (unpaired) electrons. The molecule has 3 aromatic carbocycles. The van der Waals surface area contributed by atoms with Gasteiger partial charge in [-0.15, -0.1) is 66.8 Å². The van der Waals surface area contributed by atoms with Gasteiger partial charge in [0, 0.05) is 16.1 Å². The molecule has 16 nitrogen and oxygen atoms in total. The summed E-state index contributed by atoms with van der Waals surface area (Å²) in [4.78, 5) is 37.9. The largest absolute Gasteiger partial charge is 1.00 e. The van der Waals surface area contributed by atoms with Crippen LogP contribution in [0.1, 0.15) is 10.4 Å². The molecule has 226 valence electrons. The van der Waals surface area contributed by atoms with Crippen molar-refractivity contribution in [2.75, 3.05) is 5.43 Å². The molecule has 0 aromatic heterocycles. The molecule has 0 aliphatic heterocycles. The molecule has 0 spiro atoms. The number of anilines is 1. The molecule has 0 fully saturated rings. The summed E-state index contributed by atoms with van der Waals surface area (Å²) in [6, 6.07) is 14.9. The van der Waals surface area contributed by atoms with Crippen LogP contribution in [0.15, 0.2) is 93.1 Å². The summed E-state index contributed by atoms with van der Waals surface area (Å²) < 4.78 is 61.2. The van der Waals surface area contributed by atoms with Crippen molar-refractivity contribution in [3.8, 4) is 16.9 Å². The number of carboxylic acid groups (broad SMARTS) is 1. The van der Waals surface area contributed by atoms with E-state index in [0.717, 1.165) is 18.2 Å². The average Bonchev–Trinajstić information content (AvgIpc) is 2.96. The van der Waals surface area contributed by atoms with Gasteiger partial charge in [-0.05, 0) is 36.0 Å². The number of carboxylic acids is 1. The monoisotopic (exact) mass is 730 g/mol. The first-order valence-corrected chi connectivity index (χ1v) is 13.7. The predicted molar refractivity (Wildman–Crippen MR) is 143 cm³/mol. The number of rotatable bonds is 7. The maximum absolute atomic E-state index is 12.0. The van der Waals surface area contributed by atoms with Crippen LogP contribution < -0.4 is 129 Å². The third-order valence-corrected chi connectivity index (χ3v) is 5.78. The number of allylic oxidation sites excluding steroid dienone is 4. The zero-order chi connectivity index (χ0) is 32.9. The van der Waals surface area contributed by atoms with Crippen LogP contribution in [-0.2, 0) is 35.1 Å². The van der Waals surface area contributed by atoms with E-state index in [2.05, 4.69) is 32.9 Å². The zero-order valence-electron chi connectivity index (χ0n) is 25.5. The van der Waals surface area contributed by atoms with Crippen LogP contribution >= 0.6 is 0 Å². The number of benzene rings is 3. The number of nitrogens with zero attached hydrogens (tertiary/aromatic N) is 3. The third-order valence-electron chi connectivity index (χ3n) is 4.90. The molecule has 0 saturated carbocycles. The Balaban J connectivity index is -0.00000169. The van der Waals surface area contributed by atoms with Crippen LogP contribution in [0.4, 0.5) is 17.1 Å². The van der Waals surface area contributed by atoms with Crippen LogP contribution in [0.3, 0.4) is 0 Å². The number of nitrogens with one attached hydrogen (secondary N) is 1. The van der Waals surface area contributed by atoms with Gasteiger partial charge in [-0.3, -0.25) is 5.43 Å². The fourth-order valence-electron chi connectivity index (χ4n) is 3.13. The van der Waals surface area contributed by atoms with E-state index in [1.807, 2.05) is 0 Å². The Labute approximate surface area is 362 Å². The molecular weight excluding hydrogens is 716 g/mol. The van der Waals surface area contributed by atoms with Crippen molar-refractivity contribution in [1.82, 2.24) is 0 Å². The van der Waals surface area contributed by atoms with Crippen LogP contribution in [0.25, 0.3) is 11.1 Å². The smallest absolute Gasteiger partial charge is 0.745 e. The Bertz CT molecular complexity index is 1940. The van der Waals surface area contributed by atoms with E-state index in [1.54, 1.807) is 0 Å². The first kappa shape index (κ1) is 50.4. The number of ketones is 1. The molecule has 1 aliphatic carbocycles. The molecule has 0 atom stereocenters. The van der Waals surface area contributed by atoms with E-state index in [9.17, 15) is 32.8 Å². The van der Waals surface area contributed by atoms with E-state index in [0.29, 0.717) is 17.0 Å². The molecule has 2 N–H and O–H groups in total. The summed E-state index contributed by atoms with van der Waals surface area (Å²) in [7, 11) is -7.99. The summed E-state index contributed by atoms with van der Waals surface area (Å²) >= 11 is 0. The third kappa shape index (κ3) is 17.6. The zero-order valence-corrected chi connectivity index (χ0v) is 35.2. The number of phenols is 1. The molecule has 3 aromatic rings. The van der Waals surface area contributed by atoms with Crippen molar-refractivity contribution in [2.24, 2.45) is 15.3 Å². The Morgan fingerprint density at radius 1 is 0.917 bits per heavy atom. The molecule has 4 rings (SSSR count). The van der Waals surface area contributed by atoms with Gasteiger partial charge in [0.25, 0.3) is 0 Å². The number of aromatic carboxylic acids is 1. The summed E-state index contributed by atoms with van der Waals surface area (Å²) in [5.74, 6) is -2.34. The number of hydrazone groups is 1. The van der Waals surface area contributed by atoms with Crippen molar-refractivity contribution in [3.05, 3.63) is 90.5 Å². The second-order valence-electron chi connectivity index (χ2n) is 7.74. The van der Waals surface area contributed by atoms with E-state index >= 15 is 0 Å². The Hall–Kier alpha value is -1.94. The van der Waals surface area contributed by atoms with Gasteiger partial charge in [0.1, 0.15) is 15.9 Å². The second kappa shape index (κ2) is 25.1.